The van der Waals surface area contributed by atoms with Crippen molar-refractivity contribution in [2.45, 2.75) is 26.8 Å². The van der Waals surface area contributed by atoms with Crippen molar-refractivity contribution < 1.29 is 0 Å². The van der Waals surface area contributed by atoms with E-state index in [0.717, 1.165) is 32.1 Å². The van der Waals surface area contributed by atoms with Gasteiger partial charge in [0.2, 0.25) is 5.95 Å². The van der Waals surface area contributed by atoms with Crippen molar-refractivity contribution in [3.05, 3.63) is 40.2 Å². The smallest absolute Gasteiger partial charge is 0.224 e. The normalized spacial score (nSPS) is 11.3. The monoisotopic (exact) mass is 317 g/mol. The molecule has 0 atom stereocenters. The van der Waals surface area contributed by atoms with Gasteiger partial charge in [0.05, 0.1) is 15.9 Å². The third-order valence-corrected chi connectivity index (χ3v) is 4.31. The van der Waals surface area contributed by atoms with E-state index in [1.54, 1.807) is 11.3 Å². The van der Waals surface area contributed by atoms with Crippen LogP contribution in [0, 0.1) is 6.92 Å². The lowest BCUT2D eigenvalue weighted by molar-refractivity contribution is 0.878. The molecule has 0 radical (unpaired) electrons. The van der Waals surface area contributed by atoms with E-state index >= 15 is 0 Å². The lowest BCUT2D eigenvalue weighted by atomic mass is 10.1. The summed E-state index contributed by atoms with van der Waals surface area (Å²) in [5.74, 6) is 0.667. The number of nitrogens with one attached hydrogen (secondary N) is 1. The summed E-state index contributed by atoms with van der Waals surface area (Å²) in [6.45, 7) is 6.21. The molecule has 5 heteroatoms. The fourth-order valence-corrected chi connectivity index (χ4v) is 3.32. The van der Waals surface area contributed by atoms with E-state index in [1.165, 1.54) is 0 Å². The molecule has 0 fully saturated rings. The Labute approximate surface area is 133 Å². The van der Waals surface area contributed by atoms with Gasteiger partial charge >= 0.3 is 0 Å². The predicted molar refractivity (Wildman–Crippen MR) is 91.4 cm³/mol. The first-order valence-corrected chi connectivity index (χ1v) is 8.08. The maximum atomic E-state index is 6.06. The van der Waals surface area contributed by atoms with Crippen molar-refractivity contribution in [1.82, 2.24) is 9.97 Å². The van der Waals surface area contributed by atoms with Gasteiger partial charge in [-0.25, -0.2) is 9.97 Å². The second-order valence-electron chi connectivity index (χ2n) is 5.29. The highest BCUT2D eigenvalue weighted by Crippen LogP contribution is 2.33. The number of hydrogen-bond donors (Lipinski definition) is 1. The van der Waals surface area contributed by atoms with Crippen molar-refractivity contribution in [2.75, 3.05) is 5.32 Å². The maximum absolute atomic E-state index is 6.06. The van der Waals surface area contributed by atoms with Crippen LogP contribution in [0.1, 0.15) is 19.4 Å². The van der Waals surface area contributed by atoms with Crippen LogP contribution in [-0.2, 0) is 0 Å². The summed E-state index contributed by atoms with van der Waals surface area (Å²) in [7, 11) is 0. The van der Waals surface area contributed by atoms with E-state index in [-0.39, 0.29) is 0 Å². The zero-order valence-electron chi connectivity index (χ0n) is 12.1. The molecule has 0 aliphatic rings. The summed E-state index contributed by atoms with van der Waals surface area (Å²) >= 11 is 7.72. The van der Waals surface area contributed by atoms with Crippen LogP contribution in [0.5, 0.6) is 0 Å². The lowest BCUT2D eigenvalue weighted by Gasteiger charge is -2.12. The number of aryl methyl sites for hydroxylation is 1. The van der Waals surface area contributed by atoms with Crippen molar-refractivity contribution in [3.63, 3.8) is 0 Å². The molecule has 21 heavy (non-hydrogen) atoms. The summed E-state index contributed by atoms with van der Waals surface area (Å²) in [5, 5.41) is 6.08. The summed E-state index contributed by atoms with van der Waals surface area (Å²) in [5.41, 5.74) is 4.15. The molecule has 0 aliphatic heterocycles. The Morgan fingerprint density at radius 2 is 2.00 bits per heavy atom. The molecule has 3 nitrogen and oxygen atoms in total. The minimum absolute atomic E-state index is 0.292. The van der Waals surface area contributed by atoms with E-state index in [1.807, 2.05) is 29.6 Å². The molecular weight excluding hydrogens is 302 g/mol. The van der Waals surface area contributed by atoms with Crippen LogP contribution < -0.4 is 5.32 Å². The number of halogens is 1. The quantitative estimate of drug-likeness (QED) is 0.726. The first-order valence-electron chi connectivity index (χ1n) is 6.83. The van der Waals surface area contributed by atoms with Crippen molar-refractivity contribution in [3.8, 4) is 11.3 Å². The van der Waals surface area contributed by atoms with E-state index < -0.39 is 0 Å². The molecule has 1 N–H and O–H groups in total. The zero-order chi connectivity index (χ0) is 15.0. The molecular formula is C16H16ClN3S. The van der Waals surface area contributed by atoms with E-state index in [0.29, 0.717) is 12.0 Å². The third-order valence-electron chi connectivity index (χ3n) is 3.16. The lowest BCUT2D eigenvalue weighted by Crippen LogP contribution is -2.12. The van der Waals surface area contributed by atoms with E-state index in [4.69, 9.17) is 16.6 Å². The highest BCUT2D eigenvalue weighted by molar-refractivity contribution is 7.17. The Balaban J connectivity index is 2.22. The van der Waals surface area contributed by atoms with Crippen molar-refractivity contribution >= 4 is 39.1 Å². The molecule has 0 saturated heterocycles. The Bertz CT molecular complexity index is 795. The Hall–Kier alpha value is -1.65. The Morgan fingerprint density at radius 3 is 2.71 bits per heavy atom. The van der Waals surface area contributed by atoms with Gasteiger partial charge in [-0.15, -0.1) is 11.3 Å². The van der Waals surface area contributed by atoms with Gasteiger partial charge in [0, 0.05) is 16.6 Å². The van der Waals surface area contributed by atoms with Crippen LogP contribution in [0.2, 0.25) is 5.02 Å². The number of aromatic nitrogens is 2. The molecule has 0 saturated carbocycles. The minimum Gasteiger partial charge on any atom is -0.352 e. The summed E-state index contributed by atoms with van der Waals surface area (Å²) in [6, 6.07) is 8.22. The Kier molecular flexibility index (Phi) is 3.83. The summed E-state index contributed by atoms with van der Waals surface area (Å²) in [4.78, 5) is 9.29. The molecule has 2 aromatic heterocycles. The standard InChI is InChI=1S/C16H16ClN3S/c1-9(2)18-16-19-13-6-7-21-15(13)14(20-16)12-5-4-11(17)8-10(12)3/h4-9H,1-3H3,(H,18,19,20). The SMILES string of the molecule is Cc1cc(Cl)ccc1-c1nc(NC(C)C)nc2ccsc12. The highest BCUT2D eigenvalue weighted by Gasteiger charge is 2.13. The molecule has 0 aliphatic carbocycles. The van der Waals surface area contributed by atoms with Crippen LogP contribution >= 0.6 is 22.9 Å². The number of rotatable bonds is 3. The topological polar surface area (TPSA) is 37.8 Å². The van der Waals surface area contributed by atoms with E-state index in [9.17, 15) is 0 Å². The molecule has 2 heterocycles. The van der Waals surface area contributed by atoms with Crippen molar-refractivity contribution in [2.24, 2.45) is 0 Å². The molecule has 0 amide bonds. The van der Waals surface area contributed by atoms with Gasteiger partial charge in [0.1, 0.15) is 0 Å². The molecule has 0 spiro atoms. The highest BCUT2D eigenvalue weighted by atomic mass is 35.5. The van der Waals surface area contributed by atoms with E-state index in [2.05, 4.69) is 31.1 Å². The first kappa shape index (κ1) is 14.3. The first-order chi connectivity index (χ1) is 10.0. The van der Waals surface area contributed by atoms with Gasteiger partial charge in [0.25, 0.3) is 0 Å². The number of hydrogen-bond acceptors (Lipinski definition) is 4. The minimum atomic E-state index is 0.292. The molecule has 0 bridgehead atoms. The molecule has 3 rings (SSSR count). The second-order valence-corrected chi connectivity index (χ2v) is 6.64. The second kappa shape index (κ2) is 5.62. The molecule has 108 valence electrons. The third kappa shape index (κ3) is 2.87. The molecule has 1 aromatic carbocycles. The average molecular weight is 318 g/mol. The largest absolute Gasteiger partial charge is 0.352 e. The van der Waals surface area contributed by atoms with Crippen LogP contribution in [0.15, 0.2) is 29.6 Å². The Morgan fingerprint density at radius 1 is 1.19 bits per heavy atom. The van der Waals surface area contributed by atoms with Gasteiger partial charge in [-0.05, 0) is 49.9 Å². The number of fused-ring (bicyclic) bond motifs is 1. The number of thiophene rings is 1. The predicted octanol–water partition coefficient (Wildman–Crippen LogP) is 5.14. The van der Waals surface area contributed by atoms with Crippen LogP contribution in [0.4, 0.5) is 5.95 Å². The van der Waals surface area contributed by atoms with Crippen molar-refractivity contribution in [1.29, 1.82) is 0 Å². The number of nitrogens with zero attached hydrogens (tertiary/aromatic N) is 2. The zero-order valence-corrected chi connectivity index (χ0v) is 13.7. The van der Waals surface area contributed by atoms with Gasteiger partial charge in [0.15, 0.2) is 0 Å². The van der Waals surface area contributed by atoms with Gasteiger partial charge in [-0.3, -0.25) is 0 Å². The van der Waals surface area contributed by atoms with Gasteiger partial charge in [-0.2, -0.15) is 0 Å². The fourth-order valence-electron chi connectivity index (χ4n) is 2.26. The van der Waals surface area contributed by atoms with Crippen LogP contribution in [-0.4, -0.2) is 16.0 Å². The van der Waals surface area contributed by atoms with Crippen LogP contribution in [0.3, 0.4) is 0 Å². The average Bonchev–Trinajstić information content (AvgIpc) is 2.85. The molecule has 0 unspecified atom stereocenters. The van der Waals surface area contributed by atoms with Crippen LogP contribution in [0.25, 0.3) is 21.5 Å². The van der Waals surface area contributed by atoms with Gasteiger partial charge in [-0.1, -0.05) is 17.7 Å². The number of benzene rings is 1. The maximum Gasteiger partial charge on any atom is 0.224 e. The fraction of sp³-hybridized carbons (Fsp3) is 0.250. The van der Waals surface area contributed by atoms with Gasteiger partial charge < -0.3 is 5.32 Å². The summed E-state index contributed by atoms with van der Waals surface area (Å²) < 4.78 is 1.11. The summed E-state index contributed by atoms with van der Waals surface area (Å²) in [6.07, 6.45) is 0. The number of anilines is 1. The molecule has 3 aromatic rings.